The van der Waals surface area contributed by atoms with Gasteiger partial charge in [0, 0.05) is 51.0 Å². The normalized spacial score (nSPS) is 19.5. The number of carbonyl (C=O) groups excluding carboxylic acids is 1. The first-order valence-corrected chi connectivity index (χ1v) is 5.92. The number of nitrogens with one attached hydrogen (secondary N) is 1. The zero-order chi connectivity index (χ0) is 12.1. The number of aromatic nitrogens is 1. The Morgan fingerprint density at radius 1 is 1.53 bits per heavy atom. The summed E-state index contributed by atoms with van der Waals surface area (Å²) in [6.07, 6.45) is 4.14. The van der Waals surface area contributed by atoms with Gasteiger partial charge < -0.3 is 11.1 Å². The number of nitrogens with zero attached hydrogens (tertiary/aromatic N) is 2. The minimum absolute atomic E-state index is 0.120. The van der Waals surface area contributed by atoms with Crippen LogP contribution in [0, 0.1) is 0 Å². The molecule has 17 heavy (non-hydrogen) atoms. The molecule has 0 saturated carbocycles. The molecular formula is C12H18N4O. The first kappa shape index (κ1) is 12.0. The molecule has 0 aromatic carbocycles. The van der Waals surface area contributed by atoms with Crippen LogP contribution in [0.15, 0.2) is 24.5 Å². The molecule has 1 aromatic heterocycles. The molecule has 1 atom stereocenters. The van der Waals surface area contributed by atoms with Crippen LogP contribution < -0.4 is 11.1 Å². The second-order valence-corrected chi connectivity index (χ2v) is 4.17. The van der Waals surface area contributed by atoms with E-state index < -0.39 is 0 Å². The Bertz CT molecular complexity index is 368. The third-order valence-electron chi connectivity index (χ3n) is 3.08. The standard InChI is InChI=1S/C12H18N4O/c13-8-11(10-2-1-4-14-9-10)16-6-3-12(17)15-5-7-16/h1-2,4,9,11H,3,5-8,13H2,(H,15,17). The average molecular weight is 234 g/mol. The van der Waals surface area contributed by atoms with Crippen LogP contribution in [-0.2, 0) is 4.79 Å². The Kier molecular flexibility index (Phi) is 4.06. The summed E-state index contributed by atoms with van der Waals surface area (Å²) in [5.74, 6) is 0.120. The fraction of sp³-hybridized carbons (Fsp3) is 0.500. The van der Waals surface area contributed by atoms with Gasteiger partial charge in [0.05, 0.1) is 0 Å². The predicted octanol–water partition coefficient (Wildman–Crippen LogP) is -0.0967. The van der Waals surface area contributed by atoms with Gasteiger partial charge in [-0.15, -0.1) is 0 Å². The number of hydrogen-bond acceptors (Lipinski definition) is 4. The first-order valence-electron chi connectivity index (χ1n) is 5.92. The van der Waals surface area contributed by atoms with Crippen LogP contribution in [0.2, 0.25) is 0 Å². The van der Waals surface area contributed by atoms with Crippen LogP contribution in [0.25, 0.3) is 0 Å². The average Bonchev–Trinajstić information content (AvgIpc) is 2.57. The number of hydrogen-bond donors (Lipinski definition) is 2. The Labute approximate surface area is 101 Å². The fourth-order valence-corrected chi connectivity index (χ4v) is 2.16. The third kappa shape index (κ3) is 3.01. The molecule has 0 aliphatic carbocycles. The van der Waals surface area contributed by atoms with Crippen LogP contribution >= 0.6 is 0 Å². The molecule has 1 fully saturated rings. The van der Waals surface area contributed by atoms with E-state index in [1.807, 2.05) is 18.3 Å². The molecule has 1 amide bonds. The van der Waals surface area contributed by atoms with Gasteiger partial charge in [-0.2, -0.15) is 0 Å². The van der Waals surface area contributed by atoms with E-state index in [-0.39, 0.29) is 11.9 Å². The molecule has 92 valence electrons. The van der Waals surface area contributed by atoms with E-state index in [9.17, 15) is 4.79 Å². The number of rotatable bonds is 3. The molecule has 2 heterocycles. The Morgan fingerprint density at radius 2 is 2.41 bits per heavy atom. The van der Waals surface area contributed by atoms with E-state index in [1.54, 1.807) is 6.20 Å². The van der Waals surface area contributed by atoms with Crippen molar-refractivity contribution in [2.45, 2.75) is 12.5 Å². The predicted molar refractivity (Wildman–Crippen MR) is 65.2 cm³/mol. The maximum absolute atomic E-state index is 11.3. The van der Waals surface area contributed by atoms with Crippen molar-refractivity contribution in [1.82, 2.24) is 15.2 Å². The van der Waals surface area contributed by atoms with E-state index in [2.05, 4.69) is 15.2 Å². The molecule has 0 radical (unpaired) electrons. The van der Waals surface area contributed by atoms with Crippen molar-refractivity contribution < 1.29 is 4.79 Å². The molecule has 3 N–H and O–H groups in total. The molecule has 2 rings (SSSR count). The smallest absolute Gasteiger partial charge is 0.221 e. The minimum atomic E-state index is 0.120. The molecule has 1 aromatic rings. The van der Waals surface area contributed by atoms with Gasteiger partial charge in [0.25, 0.3) is 0 Å². The highest BCUT2D eigenvalue weighted by Crippen LogP contribution is 2.19. The Hall–Kier alpha value is -1.46. The van der Waals surface area contributed by atoms with E-state index in [1.165, 1.54) is 0 Å². The van der Waals surface area contributed by atoms with Gasteiger partial charge >= 0.3 is 0 Å². The lowest BCUT2D eigenvalue weighted by atomic mass is 10.1. The van der Waals surface area contributed by atoms with Crippen molar-refractivity contribution >= 4 is 5.91 Å². The summed E-state index contributed by atoms with van der Waals surface area (Å²) < 4.78 is 0. The summed E-state index contributed by atoms with van der Waals surface area (Å²) in [6, 6.07) is 4.10. The van der Waals surface area contributed by atoms with Crippen molar-refractivity contribution in [3.8, 4) is 0 Å². The lowest BCUT2D eigenvalue weighted by Gasteiger charge is -2.29. The summed E-state index contributed by atoms with van der Waals surface area (Å²) >= 11 is 0. The van der Waals surface area contributed by atoms with E-state index in [0.717, 1.165) is 18.7 Å². The number of amides is 1. The molecule has 5 heteroatoms. The zero-order valence-electron chi connectivity index (χ0n) is 9.80. The summed E-state index contributed by atoms with van der Waals surface area (Å²) in [6.45, 7) is 2.82. The molecule has 1 saturated heterocycles. The van der Waals surface area contributed by atoms with Crippen LogP contribution in [0.4, 0.5) is 0 Å². The van der Waals surface area contributed by atoms with Crippen LogP contribution in [0.3, 0.4) is 0 Å². The number of carbonyl (C=O) groups is 1. The molecule has 0 spiro atoms. The molecule has 1 aliphatic rings. The highest BCUT2D eigenvalue weighted by atomic mass is 16.1. The highest BCUT2D eigenvalue weighted by Gasteiger charge is 2.21. The fourth-order valence-electron chi connectivity index (χ4n) is 2.16. The van der Waals surface area contributed by atoms with Crippen LogP contribution in [-0.4, -0.2) is 42.0 Å². The van der Waals surface area contributed by atoms with Gasteiger partial charge in [-0.25, -0.2) is 0 Å². The van der Waals surface area contributed by atoms with E-state index in [0.29, 0.717) is 19.5 Å². The monoisotopic (exact) mass is 234 g/mol. The third-order valence-corrected chi connectivity index (χ3v) is 3.08. The van der Waals surface area contributed by atoms with E-state index >= 15 is 0 Å². The van der Waals surface area contributed by atoms with E-state index in [4.69, 9.17) is 5.73 Å². The van der Waals surface area contributed by atoms with Crippen molar-refractivity contribution in [3.05, 3.63) is 30.1 Å². The largest absolute Gasteiger partial charge is 0.355 e. The maximum Gasteiger partial charge on any atom is 0.221 e. The Balaban J connectivity index is 2.10. The summed E-state index contributed by atoms with van der Waals surface area (Å²) in [7, 11) is 0. The second kappa shape index (κ2) is 5.75. The molecular weight excluding hydrogens is 216 g/mol. The molecule has 1 aliphatic heterocycles. The van der Waals surface area contributed by atoms with Crippen molar-refractivity contribution in [3.63, 3.8) is 0 Å². The van der Waals surface area contributed by atoms with Gasteiger partial charge in [-0.3, -0.25) is 14.7 Å². The summed E-state index contributed by atoms with van der Waals surface area (Å²) in [5.41, 5.74) is 6.96. The quantitative estimate of drug-likeness (QED) is 0.766. The molecule has 5 nitrogen and oxygen atoms in total. The van der Waals surface area contributed by atoms with Crippen molar-refractivity contribution in [1.29, 1.82) is 0 Å². The lowest BCUT2D eigenvalue weighted by Crippen LogP contribution is -2.36. The van der Waals surface area contributed by atoms with Gasteiger partial charge in [0.2, 0.25) is 5.91 Å². The summed E-state index contributed by atoms with van der Waals surface area (Å²) in [5, 5.41) is 2.87. The zero-order valence-corrected chi connectivity index (χ0v) is 9.80. The first-order chi connectivity index (χ1) is 8.31. The molecule has 0 bridgehead atoms. The highest BCUT2D eigenvalue weighted by molar-refractivity contribution is 5.76. The molecule has 1 unspecified atom stereocenters. The SMILES string of the molecule is NCC(c1cccnc1)N1CCNC(=O)CC1. The minimum Gasteiger partial charge on any atom is -0.355 e. The van der Waals surface area contributed by atoms with Crippen molar-refractivity contribution in [2.75, 3.05) is 26.2 Å². The maximum atomic E-state index is 11.3. The van der Waals surface area contributed by atoms with Gasteiger partial charge in [-0.05, 0) is 11.6 Å². The van der Waals surface area contributed by atoms with Gasteiger partial charge in [0.15, 0.2) is 0 Å². The second-order valence-electron chi connectivity index (χ2n) is 4.17. The Morgan fingerprint density at radius 3 is 3.12 bits per heavy atom. The number of nitrogens with two attached hydrogens (primary N) is 1. The van der Waals surface area contributed by atoms with Crippen LogP contribution in [0.5, 0.6) is 0 Å². The van der Waals surface area contributed by atoms with Gasteiger partial charge in [0.1, 0.15) is 0 Å². The van der Waals surface area contributed by atoms with Gasteiger partial charge in [-0.1, -0.05) is 6.07 Å². The topological polar surface area (TPSA) is 71.2 Å². The van der Waals surface area contributed by atoms with Crippen LogP contribution in [0.1, 0.15) is 18.0 Å². The lowest BCUT2D eigenvalue weighted by molar-refractivity contribution is -0.120. The summed E-state index contributed by atoms with van der Waals surface area (Å²) in [4.78, 5) is 17.7. The number of pyridine rings is 1. The van der Waals surface area contributed by atoms with Crippen molar-refractivity contribution in [2.24, 2.45) is 5.73 Å².